The number of methoxy groups -OCH3 is 1. The normalized spacial score (nSPS) is 53.4. The Morgan fingerprint density at radius 2 is 1.56 bits per heavy atom. The first-order valence-corrected chi connectivity index (χ1v) is 11.2. The Kier molecular flexibility index (Phi) is 5.88. The van der Waals surface area contributed by atoms with E-state index in [4.69, 9.17) is 18.9 Å². The Labute approximate surface area is 164 Å². The minimum absolute atomic E-state index is 0.0731. The van der Waals surface area contributed by atoms with Crippen molar-refractivity contribution in [3.8, 4) is 0 Å². The fraction of sp³-hybridized carbons (Fsp3) is 1.00. The van der Waals surface area contributed by atoms with E-state index in [0.717, 1.165) is 32.1 Å². The zero-order chi connectivity index (χ0) is 19.2. The number of aliphatic hydroxyl groups is 1. The second-order valence-electron chi connectivity index (χ2n) is 9.61. The van der Waals surface area contributed by atoms with Crippen molar-refractivity contribution < 1.29 is 24.1 Å². The van der Waals surface area contributed by atoms with Gasteiger partial charge in [0.1, 0.15) is 5.60 Å². The van der Waals surface area contributed by atoms with E-state index in [-0.39, 0.29) is 42.4 Å². The van der Waals surface area contributed by atoms with Crippen LogP contribution in [0.1, 0.15) is 72.1 Å². The molecule has 0 spiro atoms. The molecule has 5 nitrogen and oxygen atoms in total. The third-order valence-corrected chi connectivity index (χ3v) is 8.00. The van der Waals surface area contributed by atoms with Crippen LogP contribution in [0.4, 0.5) is 0 Å². The van der Waals surface area contributed by atoms with Crippen molar-refractivity contribution in [2.24, 2.45) is 23.7 Å². The molecular weight excluding hydrogens is 344 g/mol. The van der Waals surface area contributed by atoms with Gasteiger partial charge in [0.2, 0.25) is 0 Å². The van der Waals surface area contributed by atoms with Crippen LogP contribution < -0.4 is 0 Å². The maximum Gasteiger partial charge on any atom is 0.190 e. The number of rotatable bonds is 3. The molecule has 2 saturated carbocycles. The summed E-state index contributed by atoms with van der Waals surface area (Å²) in [5.41, 5.74) is -0.894. The van der Waals surface area contributed by atoms with Crippen molar-refractivity contribution in [3.05, 3.63) is 0 Å². The molecule has 0 aromatic carbocycles. The smallest absolute Gasteiger partial charge is 0.190 e. The second kappa shape index (κ2) is 7.91. The van der Waals surface area contributed by atoms with E-state index in [2.05, 4.69) is 20.8 Å². The molecule has 0 radical (unpaired) electrons. The molecule has 27 heavy (non-hydrogen) atoms. The molecule has 0 amide bonds. The molecule has 10 atom stereocenters. The van der Waals surface area contributed by atoms with Crippen LogP contribution in [0.15, 0.2) is 0 Å². The largest absolute Gasteiger partial charge is 0.384 e. The van der Waals surface area contributed by atoms with Gasteiger partial charge in [-0.15, -0.1) is 0 Å². The van der Waals surface area contributed by atoms with Crippen molar-refractivity contribution >= 4 is 0 Å². The predicted octanol–water partition coefficient (Wildman–Crippen LogP) is 3.87. The highest BCUT2D eigenvalue weighted by Gasteiger charge is 2.62. The van der Waals surface area contributed by atoms with E-state index in [9.17, 15) is 5.11 Å². The summed E-state index contributed by atoms with van der Waals surface area (Å²) < 4.78 is 24.8. The van der Waals surface area contributed by atoms with Gasteiger partial charge < -0.3 is 24.1 Å². The fourth-order valence-electron chi connectivity index (χ4n) is 6.35. The molecule has 4 fully saturated rings. The highest BCUT2D eigenvalue weighted by atomic mass is 16.8. The summed E-state index contributed by atoms with van der Waals surface area (Å²) in [5.74, 6) is 1.07. The molecular formula is C22H38O5. The van der Waals surface area contributed by atoms with Gasteiger partial charge in [-0.25, -0.2) is 0 Å². The Bertz CT molecular complexity index is 513. The van der Waals surface area contributed by atoms with E-state index >= 15 is 0 Å². The predicted molar refractivity (Wildman–Crippen MR) is 102 cm³/mol. The molecule has 156 valence electrons. The van der Waals surface area contributed by atoms with E-state index in [1.54, 1.807) is 7.11 Å². The van der Waals surface area contributed by atoms with Crippen molar-refractivity contribution in [2.75, 3.05) is 7.11 Å². The Hall–Kier alpha value is -0.200. The first-order valence-electron chi connectivity index (χ1n) is 11.2. The molecule has 2 aliphatic carbocycles. The summed E-state index contributed by atoms with van der Waals surface area (Å²) in [5, 5.41) is 11.9. The molecule has 5 heteroatoms. The summed E-state index contributed by atoms with van der Waals surface area (Å²) in [6.45, 7) is 6.57. The Balaban J connectivity index is 1.57. The lowest BCUT2D eigenvalue weighted by Gasteiger charge is -2.57. The van der Waals surface area contributed by atoms with Crippen LogP contribution in [0.2, 0.25) is 0 Å². The van der Waals surface area contributed by atoms with Crippen LogP contribution in [0, 0.1) is 23.7 Å². The average molecular weight is 383 g/mol. The quantitative estimate of drug-likeness (QED) is 0.803. The van der Waals surface area contributed by atoms with Gasteiger partial charge in [0.05, 0.1) is 18.3 Å². The van der Waals surface area contributed by atoms with E-state index in [0.29, 0.717) is 5.92 Å². The molecule has 0 bridgehead atoms. The first-order chi connectivity index (χ1) is 12.9. The zero-order valence-corrected chi connectivity index (χ0v) is 17.4. The van der Waals surface area contributed by atoms with Gasteiger partial charge >= 0.3 is 0 Å². The van der Waals surface area contributed by atoms with Gasteiger partial charge in [-0.3, -0.25) is 0 Å². The van der Waals surface area contributed by atoms with Crippen LogP contribution in [0.25, 0.3) is 0 Å². The molecule has 2 saturated heterocycles. The number of ether oxygens (including phenoxy) is 4. The van der Waals surface area contributed by atoms with Gasteiger partial charge in [0.15, 0.2) is 12.6 Å². The van der Waals surface area contributed by atoms with Crippen molar-refractivity contribution in [1.82, 2.24) is 0 Å². The topological polar surface area (TPSA) is 57.2 Å². The second-order valence-corrected chi connectivity index (χ2v) is 9.61. The number of hydrogen-bond acceptors (Lipinski definition) is 5. The van der Waals surface area contributed by atoms with Gasteiger partial charge in [-0.1, -0.05) is 26.7 Å². The number of hydrogen-bond donors (Lipinski definition) is 1. The van der Waals surface area contributed by atoms with Crippen LogP contribution in [0.5, 0.6) is 0 Å². The van der Waals surface area contributed by atoms with E-state index in [1.165, 1.54) is 19.3 Å². The summed E-state index contributed by atoms with van der Waals surface area (Å²) in [6, 6.07) is 0. The molecule has 2 heterocycles. The van der Waals surface area contributed by atoms with Gasteiger partial charge in [-0.2, -0.15) is 0 Å². The lowest BCUT2D eigenvalue weighted by Crippen LogP contribution is -2.67. The molecule has 2 aliphatic heterocycles. The van der Waals surface area contributed by atoms with Crippen LogP contribution in [0.3, 0.4) is 0 Å². The maximum absolute atomic E-state index is 11.9. The van der Waals surface area contributed by atoms with E-state index in [1.807, 2.05) is 0 Å². The monoisotopic (exact) mass is 382 g/mol. The van der Waals surface area contributed by atoms with Crippen molar-refractivity contribution in [1.29, 1.82) is 0 Å². The molecule has 4 rings (SSSR count). The lowest BCUT2D eigenvalue weighted by atomic mass is 9.58. The summed E-state index contributed by atoms with van der Waals surface area (Å²) in [7, 11) is 1.78. The highest BCUT2D eigenvalue weighted by Crippen LogP contribution is 2.55. The SMILES string of the molecule is COC1CCCCC1OC1O[C@@H]2O[C@@H](C)CCC3[C@H](C)CCC([C@H]1C)[C@]32O. The lowest BCUT2D eigenvalue weighted by molar-refractivity contribution is -0.390. The Morgan fingerprint density at radius 1 is 0.852 bits per heavy atom. The van der Waals surface area contributed by atoms with Gasteiger partial charge in [0.25, 0.3) is 0 Å². The van der Waals surface area contributed by atoms with Crippen LogP contribution in [-0.4, -0.2) is 48.7 Å². The summed E-state index contributed by atoms with van der Waals surface area (Å²) >= 11 is 0. The van der Waals surface area contributed by atoms with Gasteiger partial charge in [0, 0.05) is 18.9 Å². The van der Waals surface area contributed by atoms with Crippen LogP contribution >= 0.6 is 0 Å². The zero-order valence-electron chi connectivity index (χ0n) is 17.4. The standard InChI is InChI=1S/C22H38O5/c1-13-9-11-17-15(3)20(26-19-8-6-5-7-18(19)24-4)27-21-22(17,23)16(13)12-10-14(2)25-21/h13-21,23H,5-12H2,1-4H3/t13-,14+,15-,16?,17?,18?,19?,20?,21+,22-/m1/s1. The average Bonchev–Trinajstić information content (AvgIpc) is 2.78. The molecule has 1 N–H and O–H groups in total. The molecule has 4 aliphatic rings. The molecule has 5 unspecified atom stereocenters. The minimum Gasteiger partial charge on any atom is -0.384 e. The first kappa shape index (κ1) is 20.1. The van der Waals surface area contributed by atoms with Gasteiger partial charge in [-0.05, 0) is 57.3 Å². The third kappa shape index (κ3) is 3.48. The van der Waals surface area contributed by atoms with Crippen molar-refractivity contribution in [2.45, 2.75) is 109 Å². The highest BCUT2D eigenvalue weighted by molar-refractivity contribution is 5.06. The molecule has 0 aromatic rings. The fourth-order valence-corrected chi connectivity index (χ4v) is 6.35. The molecule has 0 aromatic heterocycles. The third-order valence-electron chi connectivity index (χ3n) is 8.00. The van der Waals surface area contributed by atoms with Crippen molar-refractivity contribution in [3.63, 3.8) is 0 Å². The minimum atomic E-state index is -0.894. The summed E-state index contributed by atoms with van der Waals surface area (Å²) in [4.78, 5) is 0. The maximum atomic E-state index is 11.9. The van der Waals surface area contributed by atoms with Crippen LogP contribution in [-0.2, 0) is 18.9 Å². The summed E-state index contributed by atoms with van der Waals surface area (Å²) in [6.07, 6.45) is 8.03. The van der Waals surface area contributed by atoms with E-state index < -0.39 is 11.9 Å². The Morgan fingerprint density at radius 3 is 2.30 bits per heavy atom.